The monoisotopic (exact) mass is 329 g/mol. The number of benzene rings is 2. The fraction of sp³-hybridized carbons (Fsp3) is 0.250. The molecule has 2 aromatic rings. The van der Waals surface area contributed by atoms with Crippen LogP contribution in [0.5, 0.6) is 0 Å². The van der Waals surface area contributed by atoms with Gasteiger partial charge < -0.3 is 10.0 Å². The molecule has 22 heavy (non-hydrogen) atoms. The molecule has 0 aliphatic carbocycles. The van der Waals surface area contributed by atoms with Crippen molar-refractivity contribution in [2.75, 3.05) is 19.0 Å². The van der Waals surface area contributed by atoms with Crippen molar-refractivity contribution >= 4 is 17.3 Å². The molecular formula is C16H15ClF3NO. The number of alkyl halides is 3. The largest absolute Gasteiger partial charge is 0.425 e. The van der Waals surface area contributed by atoms with E-state index in [0.717, 1.165) is 6.07 Å². The van der Waals surface area contributed by atoms with E-state index in [0.29, 0.717) is 5.69 Å². The predicted octanol–water partition coefficient (Wildman–Crippen LogP) is 4.20. The molecule has 0 aliphatic rings. The van der Waals surface area contributed by atoms with Crippen LogP contribution in [0.25, 0.3) is 0 Å². The van der Waals surface area contributed by atoms with E-state index in [-0.39, 0.29) is 16.1 Å². The molecule has 0 bridgehead atoms. The molecule has 0 heterocycles. The molecule has 0 radical (unpaired) electrons. The summed E-state index contributed by atoms with van der Waals surface area (Å²) >= 11 is 5.78. The Hall–Kier alpha value is -1.72. The van der Waals surface area contributed by atoms with Crippen LogP contribution in [0.4, 0.5) is 18.9 Å². The summed E-state index contributed by atoms with van der Waals surface area (Å²) in [6, 6.07) is 10.9. The number of aliphatic hydroxyl groups is 1. The number of hydrogen-bond donors (Lipinski definition) is 1. The molecule has 0 aliphatic heterocycles. The molecule has 0 aromatic heterocycles. The van der Waals surface area contributed by atoms with Gasteiger partial charge in [-0.2, -0.15) is 13.2 Å². The van der Waals surface area contributed by atoms with Crippen LogP contribution < -0.4 is 4.90 Å². The third kappa shape index (κ3) is 2.91. The Kier molecular flexibility index (Phi) is 4.40. The van der Waals surface area contributed by atoms with E-state index in [2.05, 4.69) is 0 Å². The van der Waals surface area contributed by atoms with E-state index >= 15 is 0 Å². The van der Waals surface area contributed by atoms with Gasteiger partial charge in [0.05, 0.1) is 0 Å². The van der Waals surface area contributed by atoms with E-state index in [4.69, 9.17) is 11.6 Å². The van der Waals surface area contributed by atoms with Gasteiger partial charge in [0.25, 0.3) is 0 Å². The highest BCUT2D eigenvalue weighted by atomic mass is 35.5. The molecule has 1 unspecified atom stereocenters. The smallest absolute Gasteiger partial charge is 0.378 e. The van der Waals surface area contributed by atoms with Crippen LogP contribution in [-0.4, -0.2) is 25.4 Å². The standard InChI is InChI=1S/C16H15ClF3NO/c1-21(2)14-8-4-6-12(10-14)15(22,16(18,19)20)11-5-3-7-13(17)9-11/h3-10,22H,1-2H3. The van der Waals surface area contributed by atoms with Crippen LogP contribution in [0.1, 0.15) is 11.1 Å². The van der Waals surface area contributed by atoms with Crippen molar-refractivity contribution in [3.05, 3.63) is 64.7 Å². The third-order valence-corrected chi connectivity index (χ3v) is 3.67. The fourth-order valence-corrected chi connectivity index (χ4v) is 2.41. The summed E-state index contributed by atoms with van der Waals surface area (Å²) < 4.78 is 40.9. The minimum atomic E-state index is -4.89. The van der Waals surface area contributed by atoms with Crippen molar-refractivity contribution in [1.29, 1.82) is 0 Å². The van der Waals surface area contributed by atoms with Gasteiger partial charge in [0.2, 0.25) is 5.60 Å². The average molecular weight is 330 g/mol. The SMILES string of the molecule is CN(C)c1cccc(C(O)(c2cccc(Cl)c2)C(F)(F)F)c1. The first kappa shape index (κ1) is 16.6. The van der Waals surface area contributed by atoms with Crippen LogP contribution in [0, 0.1) is 0 Å². The highest BCUT2D eigenvalue weighted by Crippen LogP contribution is 2.45. The second kappa shape index (κ2) is 5.82. The maximum Gasteiger partial charge on any atom is 0.425 e. The van der Waals surface area contributed by atoms with Crippen LogP contribution in [0.15, 0.2) is 48.5 Å². The summed E-state index contributed by atoms with van der Waals surface area (Å²) in [5.41, 5.74) is -3.14. The van der Waals surface area contributed by atoms with E-state index in [9.17, 15) is 18.3 Å². The lowest BCUT2D eigenvalue weighted by Gasteiger charge is -2.32. The molecule has 0 saturated carbocycles. The van der Waals surface area contributed by atoms with E-state index in [1.807, 2.05) is 0 Å². The van der Waals surface area contributed by atoms with Gasteiger partial charge in [-0.3, -0.25) is 0 Å². The Morgan fingerprint density at radius 1 is 0.955 bits per heavy atom. The zero-order valence-corrected chi connectivity index (χ0v) is 12.8. The highest BCUT2D eigenvalue weighted by Gasteiger charge is 2.56. The van der Waals surface area contributed by atoms with Crippen molar-refractivity contribution in [3.63, 3.8) is 0 Å². The van der Waals surface area contributed by atoms with Crippen LogP contribution >= 0.6 is 11.6 Å². The molecule has 0 amide bonds. The number of rotatable bonds is 3. The van der Waals surface area contributed by atoms with Crippen molar-refractivity contribution in [3.8, 4) is 0 Å². The summed E-state index contributed by atoms with van der Waals surface area (Å²) in [5.74, 6) is 0. The molecule has 1 N–H and O–H groups in total. The van der Waals surface area contributed by atoms with Gasteiger partial charge >= 0.3 is 6.18 Å². The van der Waals surface area contributed by atoms with Crippen molar-refractivity contribution < 1.29 is 18.3 Å². The number of halogens is 4. The normalized spacial score (nSPS) is 14.5. The fourth-order valence-electron chi connectivity index (χ4n) is 2.22. The van der Waals surface area contributed by atoms with Gasteiger partial charge in [-0.1, -0.05) is 35.9 Å². The minimum Gasteiger partial charge on any atom is -0.378 e. The van der Waals surface area contributed by atoms with Crippen LogP contribution in [0.3, 0.4) is 0 Å². The van der Waals surface area contributed by atoms with Crippen molar-refractivity contribution in [2.24, 2.45) is 0 Å². The molecular weight excluding hydrogens is 315 g/mol. The van der Waals surface area contributed by atoms with Gasteiger partial charge in [-0.05, 0) is 35.4 Å². The van der Waals surface area contributed by atoms with Gasteiger partial charge in [0.1, 0.15) is 0 Å². The van der Waals surface area contributed by atoms with Gasteiger partial charge in [-0.15, -0.1) is 0 Å². The van der Waals surface area contributed by atoms with Gasteiger partial charge in [0, 0.05) is 24.8 Å². The zero-order valence-electron chi connectivity index (χ0n) is 12.0. The maximum absolute atomic E-state index is 13.6. The Labute approximate surface area is 131 Å². The first-order chi connectivity index (χ1) is 10.2. The second-order valence-corrected chi connectivity index (χ2v) is 5.60. The summed E-state index contributed by atoms with van der Waals surface area (Å²) in [5, 5.41) is 10.6. The first-order valence-corrected chi connectivity index (χ1v) is 6.87. The Morgan fingerprint density at radius 3 is 2.00 bits per heavy atom. The van der Waals surface area contributed by atoms with Crippen LogP contribution in [-0.2, 0) is 5.60 Å². The quantitative estimate of drug-likeness (QED) is 0.912. The Bertz CT molecular complexity index is 672. The first-order valence-electron chi connectivity index (χ1n) is 6.49. The number of hydrogen-bond acceptors (Lipinski definition) is 2. The molecule has 6 heteroatoms. The lowest BCUT2D eigenvalue weighted by atomic mass is 9.85. The second-order valence-electron chi connectivity index (χ2n) is 5.16. The topological polar surface area (TPSA) is 23.5 Å². The minimum absolute atomic E-state index is 0.129. The summed E-state index contributed by atoms with van der Waals surface area (Å²) in [6.07, 6.45) is -4.89. The molecule has 0 spiro atoms. The number of anilines is 1. The third-order valence-electron chi connectivity index (χ3n) is 3.43. The van der Waals surface area contributed by atoms with Crippen molar-refractivity contribution in [1.82, 2.24) is 0 Å². The molecule has 1 atom stereocenters. The molecule has 0 saturated heterocycles. The lowest BCUT2D eigenvalue weighted by Crippen LogP contribution is -2.43. The summed E-state index contributed by atoms with van der Waals surface area (Å²) in [4.78, 5) is 1.66. The highest BCUT2D eigenvalue weighted by molar-refractivity contribution is 6.30. The Morgan fingerprint density at radius 2 is 1.50 bits per heavy atom. The summed E-state index contributed by atoms with van der Waals surface area (Å²) in [6.45, 7) is 0. The molecule has 0 fully saturated rings. The van der Waals surface area contributed by atoms with Gasteiger partial charge in [-0.25, -0.2) is 0 Å². The molecule has 118 valence electrons. The maximum atomic E-state index is 13.6. The van der Waals surface area contributed by atoms with Gasteiger partial charge in [0.15, 0.2) is 0 Å². The van der Waals surface area contributed by atoms with E-state index < -0.39 is 11.8 Å². The molecule has 2 rings (SSSR count). The predicted molar refractivity (Wildman–Crippen MR) is 81.3 cm³/mol. The van der Waals surface area contributed by atoms with E-state index in [1.54, 1.807) is 25.1 Å². The number of nitrogens with zero attached hydrogens (tertiary/aromatic N) is 1. The molecule has 2 aromatic carbocycles. The zero-order chi connectivity index (χ0) is 16.5. The van der Waals surface area contributed by atoms with Crippen molar-refractivity contribution in [2.45, 2.75) is 11.8 Å². The average Bonchev–Trinajstić information content (AvgIpc) is 2.45. The lowest BCUT2D eigenvalue weighted by molar-refractivity contribution is -0.248. The molecule has 2 nitrogen and oxygen atoms in total. The Balaban J connectivity index is 2.68. The van der Waals surface area contributed by atoms with E-state index in [1.165, 1.54) is 36.4 Å². The summed E-state index contributed by atoms with van der Waals surface area (Å²) in [7, 11) is 3.43. The van der Waals surface area contributed by atoms with Crippen LogP contribution in [0.2, 0.25) is 5.02 Å².